The van der Waals surface area contributed by atoms with Gasteiger partial charge in [-0.25, -0.2) is 0 Å². The van der Waals surface area contributed by atoms with Gasteiger partial charge in [0.2, 0.25) is 0 Å². The van der Waals surface area contributed by atoms with Crippen LogP contribution in [0.15, 0.2) is 90.5 Å². The van der Waals surface area contributed by atoms with E-state index in [0.29, 0.717) is 28.3 Å². The number of amides is 1. The smallest absolute Gasteiger partial charge is 0.300 e. The molecule has 1 fully saturated rings. The molecule has 0 aliphatic carbocycles. The molecule has 1 aliphatic heterocycles. The number of ether oxygens (including phenoxy) is 2. The van der Waals surface area contributed by atoms with E-state index in [1.807, 2.05) is 42.5 Å². The fraction of sp³-hybridized carbons (Fsp3) is 0.103. The lowest BCUT2D eigenvalue weighted by Gasteiger charge is -2.26. The van der Waals surface area contributed by atoms with E-state index in [0.717, 1.165) is 10.8 Å². The number of aliphatic hydroxyl groups is 1. The lowest BCUT2D eigenvalue weighted by atomic mass is 9.91. The number of anilines is 1. The van der Waals surface area contributed by atoms with Gasteiger partial charge in [-0.3, -0.25) is 14.5 Å². The predicted molar refractivity (Wildman–Crippen MR) is 140 cm³/mol. The third-order valence-electron chi connectivity index (χ3n) is 6.32. The van der Waals surface area contributed by atoms with E-state index in [9.17, 15) is 14.7 Å². The molecule has 6 nitrogen and oxygen atoms in total. The number of hydrogen-bond acceptors (Lipinski definition) is 5. The largest absolute Gasteiger partial charge is 0.507 e. The summed E-state index contributed by atoms with van der Waals surface area (Å²) in [6.45, 7) is 0. The van der Waals surface area contributed by atoms with Gasteiger partial charge in [0.1, 0.15) is 17.3 Å². The maximum Gasteiger partial charge on any atom is 0.300 e. The Balaban J connectivity index is 1.79. The SMILES string of the molecule is COc1cccc(N2C(=O)C(=O)/C(=C(\O)c3ccc(OC)c(Cl)c3)C2c2cccc3ccccc23)c1. The summed E-state index contributed by atoms with van der Waals surface area (Å²) in [7, 11) is 3.02. The van der Waals surface area contributed by atoms with Crippen LogP contribution in [-0.4, -0.2) is 31.0 Å². The average molecular weight is 500 g/mol. The molecule has 0 spiro atoms. The van der Waals surface area contributed by atoms with Crippen LogP contribution in [0.25, 0.3) is 16.5 Å². The van der Waals surface area contributed by atoms with Crippen molar-refractivity contribution in [1.82, 2.24) is 0 Å². The van der Waals surface area contributed by atoms with Gasteiger partial charge in [-0.05, 0) is 46.7 Å². The molecule has 4 aromatic rings. The number of methoxy groups -OCH3 is 2. The van der Waals surface area contributed by atoms with E-state index < -0.39 is 17.7 Å². The Labute approximate surface area is 212 Å². The molecular formula is C29H22ClNO5. The molecule has 1 N–H and O–H groups in total. The van der Waals surface area contributed by atoms with Crippen LogP contribution in [0.3, 0.4) is 0 Å². The molecule has 180 valence electrons. The van der Waals surface area contributed by atoms with Crippen LogP contribution < -0.4 is 14.4 Å². The molecule has 5 rings (SSSR count). The zero-order valence-corrected chi connectivity index (χ0v) is 20.3. The fourth-order valence-corrected chi connectivity index (χ4v) is 4.87. The lowest BCUT2D eigenvalue weighted by molar-refractivity contribution is -0.132. The minimum atomic E-state index is -0.885. The van der Waals surface area contributed by atoms with Crippen molar-refractivity contribution in [2.24, 2.45) is 0 Å². The van der Waals surface area contributed by atoms with Crippen molar-refractivity contribution in [1.29, 1.82) is 0 Å². The Hall–Kier alpha value is -4.29. The summed E-state index contributed by atoms with van der Waals surface area (Å²) in [5, 5.41) is 13.5. The molecule has 0 bridgehead atoms. The second kappa shape index (κ2) is 9.40. The molecule has 36 heavy (non-hydrogen) atoms. The van der Waals surface area contributed by atoms with Crippen LogP contribution in [0.4, 0.5) is 5.69 Å². The molecule has 1 aliphatic rings. The number of carbonyl (C=O) groups is 2. The Morgan fingerprint density at radius 1 is 0.889 bits per heavy atom. The molecule has 1 atom stereocenters. The van der Waals surface area contributed by atoms with Crippen LogP contribution in [-0.2, 0) is 9.59 Å². The summed E-state index contributed by atoms with van der Waals surface area (Å²) >= 11 is 6.30. The zero-order valence-electron chi connectivity index (χ0n) is 19.6. The highest BCUT2D eigenvalue weighted by Crippen LogP contribution is 2.45. The standard InChI is InChI=1S/C29H22ClNO5/c1-35-20-10-6-9-19(16-20)31-26(22-12-5-8-17-7-3-4-11-21(17)22)25(28(33)29(31)34)27(32)18-13-14-24(36-2)23(30)15-18/h3-16,26,32H,1-2H3/b27-25-. The summed E-state index contributed by atoms with van der Waals surface area (Å²) < 4.78 is 10.6. The third-order valence-corrected chi connectivity index (χ3v) is 6.61. The van der Waals surface area contributed by atoms with Crippen LogP contribution in [0.5, 0.6) is 11.5 Å². The van der Waals surface area contributed by atoms with Crippen molar-refractivity contribution in [3.05, 3.63) is 107 Å². The summed E-state index contributed by atoms with van der Waals surface area (Å²) in [4.78, 5) is 28.4. The van der Waals surface area contributed by atoms with E-state index in [1.54, 1.807) is 36.4 Å². The summed E-state index contributed by atoms with van der Waals surface area (Å²) in [6.07, 6.45) is 0. The van der Waals surface area contributed by atoms with Gasteiger partial charge in [-0.15, -0.1) is 0 Å². The number of benzene rings is 4. The third kappa shape index (κ3) is 3.85. The first-order chi connectivity index (χ1) is 17.4. The number of nitrogens with zero attached hydrogens (tertiary/aromatic N) is 1. The normalized spacial score (nSPS) is 17.0. The number of fused-ring (bicyclic) bond motifs is 1. The van der Waals surface area contributed by atoms with Crippen molar-refractivity contribution < 1.29 is 24.2 Å². The molecule has 1 unspecified atom stereocenters. The number of rotatable bonds is 5. The minimum Gasteiger partial charge on any atom is -0.507 e. The number of hydrogen-bond donors (Lipinski definition) is 1. The van der Waals surface area contributed by atoms with Crippen molar-refractivity contribution in [2.45, 2.75) is 6.04 Å². The van der Waals surface area contributed by atoms with Gasteiger partial charge in [-0.2, -0.15) is 0 Å². The molecule has 7 heteroatoms. The molecule has 0 radical (unpaired) electrons. The summed E-state index contributed by atoms with van der Waals surface area (Å²) in [5.74, 6) is -0.896. The van der Waals surface area contributed by atoms with E-state index in [1.165, 1.54) is 25.2 Å². The first-order valence-corrected chi connectivity index (χ1v) is 11.6. The van der Waals surface area contributed by atoms with Crippen molar-refractivity contribution in [3.63, 3.8) is 0 Å². The minimum absolute atomic E-state index is 0.0274. The second-order valence-corrected chi connectivity index (χ2v) is 8.70. The Kier molecular flexibility index (Phi) is 6.12. The number of ketones is 1. The zero-order chi connectivity index (χ0) is 25.4. The van der Waals surface area contributed by atoms with Crippen LogP contribution >= 0.6 is 11.6 Å². The Morgan fingerprint density at radius 2 is 1.64 bits per heavy atom. The van der Waals surface area contributed by atoms with E-state index in [4.69, 9.17) is 21.1 Å². The first kappa shape index (κ1) is 23.5. The Bertz CT molecular complexity index is 1540. The number of Topliss-reactive ketones (excluding diaryl/α,β-unsaturated/α-hetero) is 1. The highest BCUT2D eigenvalue weighted by atomic mass is 35.5. The quantitative estimate of drug-likeness (QED) is 0.203. The number of aliphatic hydroxyl groups excluding tert-OH is 1. The van der Waals surface area contributed by atoms with Gasteiger partial charge in [0.25, 0.3) is 11.7 Å². The average Bonchev–Trinajstić information content (AvgIpc) is 3.17. The van der Waals surface area contributed by atoms with E-state index in [2.05, 4.69) is 0 Å². The summed E-state index contributed by atoms with van der Waals surface area (Å²) in [6, 6.07) is 24.1. The molecule has 4 aromatic carbocycles. The van der Waals surface area contributed by atoms with E-state index >= 15 is 0 Å². The van der Waals surface area contributed by atoms with Gasteiger partial charge in [0.05, 0.1) is 30.9 Å². The number of carbonyl (C=O) groups excluding carboxylic acids is 2. The van der Waals surface area contributed by atoms with E-state index in [-0.39, 0.29) is 16.4 Å². The van der Waals surface area contributed by atoms with Gasteiger partial charge < -0.3 is 14.6 Å². The van der Waals surface area contributed by atoms with Crippen LogP contribution in [0.1, 0.15) is 17.2 Å². The molecular weight excluding hydrogens is 478 g/mol. The molecule has 1 heterocycles. The monoisotopic (exact) mass is 499 g/mol. The van der Waals surface area contributed by atoms with Crippen LogP contribution in [0.2, 0.25) is 5.02 Å². The number of halogens is 1. The Morgan fingerprint density at radius 3 is 2.39 bits per heavy atom. The van der Waals surface area contributed by atoms with Crippen molar-refractivity contribution in [2.75, 3.05) is 19.1 Å². The topological polar surface area (TPSA) is 76.1 Å². The summed E-state index contributed by atoms with van der Waals surface area (Å²) in [5.41, 5.74) is 1.45. The highest BCUT2D eigenvalue weighted by Gasteiger charge is 2.47. The van der Waals surface area contributed by atoms with Crippen LogP contribution in [0, 0.1) is 0 Å². The lowest BCUT2D eigenvalue weighted by Crippen LogP contribution is -2.29. The maximum absolute atomic E-state index is 13.5. The van der Waals surface area contributed by atoms with Crippen molar-refractivity contribution in [3.8, 4) is 11.5 Å². The van der Waals surface area contributed by atoms with Crippen molar-refractivity contribution >= 4 is 45.5 Å². The molecule has 0 aromatic heterocycles. The molecule has 0 saturated carbocycles. The maximum atomic E-state index is 13.5. The fourth-order valence-electron chi connectivity index (χ4n) is 4.61. The van der Waals surface area contributed by atoms with Gasteiger partial charge in [0.15, 0.2) is 0 Å². The first-order valence-electron chi connectivity index (χ1n) is 11.2. The highest BCUT2D eigenvalue weighted by molar-refractivity contribution is 6.52. The second-order valence-electron chi connectivity index (χ2n) is 8.29. The van der Waals surface area contributed by atoms with Gasteiger partial charge in [-0.1, -0.05) is 60.1 Å². The molecule has 1 saturated heterocycles. The van der Waals surface area contributed by atoms with Gasteiger partial charge >= 0.3 is 0 Å². The van der Waals surface area contributed by atoms with Gasteiger partial charge in [0, 0.05) is 17.3 Å². The predicted octanol–water partition coefficient (Wildman–Crippen LogP) is 6.14. The molecule has 1 amide bonds.